The Labute approximate surface area is 165 Å². The van der Waals surface area contributed by atoms with Crippen molar-refractivity contribution in [3.63, 3.8) is 0 Å². The maximum Gasteiger partial charge on any atom is 0.350 e. The molecule has 0 fully saturated rings. The summed E-state index contributed by atoms with van der Waals surface area (Å²) in [4.78, 5) is 13.1. The molecule has 4 rings (SSSR count). The molecule has 27 heavy (non-hydrogen) atoms. The number of hydrogen-bond donors (Lipinski definition) is 0. The largest absolute Gasteiger partial charge is 0.361 e. The quantitative estimate of drug-likeness (QED) is 0.483. The van der Waals surface area contributed by atoms with E-state index >= 15 is 0 Å². The zero-order valence-electron chi connectivity index (χ0n) is 14.7. The van der Waals surface area contributed by atoms with Gasteiger partial charge in [-0.3, -0.25) is 0 Å². The van der Waals surface area contributed by atoms with Crippen LogP contribution in [0.5, 0.6) is 0 Å². The first-order valence-electron chi connectivity index (χ1n) is 8.36. The monoisotopic (exact) mass is 400 g/mol. The van der Waals surface area contributed by atoms with Crippen LogP contribution in [0, 0.1) is 13.8 Å². The molecular formula is C20H16Cl2N3O2+. The first-order chi connectivity index (χ1) is 13.0. The van der Waals surface area contributed by atoms with E-state index in [9.17, 15) is 4.79 Å². The summed E-state index contributed by atoms with van der Waals surface area (Å²) >= 11 is 12.5. The molecule has 5 nitrogen and oxygen atoms in total. The van der Waals surface area contributed by atoms with Crippen molar-refractivity contribution in [2.75, 3.05) is 0 Å². The number of aryl methyl sites for hydroxylation is 2. The topological polar surface area (TPSA) is 51.4 Å². The van der Waals surface area contributed by atoms with Crippen LogP contribution in [-0.2, 0) is 6.54 Å². The van der Waals surface area contributed by atoms with Crippen LogP contribution in [0.25, 0.3) is 16.8 Å². The molecule has 0 N–H and O–H groups in total. The van der Waals surface area contributed by atoms with Crippen molar-refractivity contribution >= 4 is 28.8 Å². The second-order valence-electron chi connectivity index (χ2n) is 6.34. The number of benzene rings is 1. The van der Waals surface area contributed by atoms with Crippen LogP contribution < -0.4 is 10.1 Å². The Morgan fingerprint density at radius 1 is 1.19 bits per heavy atom. The standard InChI is InChI=1S/C20H16Cl2N3O2/c1-12-19(13(2)27-23-12)16-11-24(10-14-9-15(21)6-7-17(14)22)18-5-3-4-8-25(18)20(16)26/h3-9,11H,10H2,1-2H3/q+1. The minimum Gasteiger partial charge on any atom is -0.361 e. The van der Waals surface area contributed by atoms with Gasteiger partial charge in [0.1, 0.15) is 24.1 Å². The van der Waals surface area contributed by atoms with Gasteiger partial charge in [0.25, 0.3) is 5.65 Å². The summed E-state index contributed by atoms with van der Waals surface area (Å²) in [6.45, 7) is 4.08. The van der Waals surface area contributed by atoms with Gasteiger partial charge in [-0.25, -0.2) is 9.36 Å². The number of fused-ring (bicyclic) bond motifs is 1. The summed E-state index contributed by atoms with van der Waals surface area (Å²) < 4.78 is 8.85. The average molecular weight is 401 g/mol. The lowest BCUT2D eigenvalue weighted by molar-refractivity contribution is -0.665. The van der Waals surface area contributed by atoms with Crippen LogP contribution in [0.15, 0.2) is 58.1 Å². The zero-order valence-corrected chi connectivity index (χ0v) is 16.3. The van der Waals surface area contributed by atoms with Crippen molar-refractivity contribution < 1.29 is 9.09 Å². The first kappa shape index (κ1) is 17.8. The fourth-order valence-electron chi connectivity index (χ4n) is 3.26. The van der Waals surface area contributed by atoms with Crippen LogP contribution in [0.1, 0.15) is 17.0 Å². The fraction of sp³-hybridized carbons (Fsp3) is 0.150. The molecule has 0 aliphatic carbocycles. The molecule has 0 saturated heterocycles. The van der Waals surface area contributed by atoms with E-state index < -0.39 is 0 Å². The Kier molecular flexibility index (Phi) is 4.50. The Balaban J connectivity index is 1.99. The van der Waals surface area contributed by atoms with Crippen LogP contribution in [0.4, 0.5) is 0 Å². The van der Waals surface area contributed by atoms with E-state index in [0.717, 1.165) is 11.2 Å². The molecule has 0 unspecified atom stereocenters. The van der Waals surface area contributed by atoms with Crippen molar-refractivity contribution in [3.8, 4) is 11.1 Å². The van der Waals surface area contributed by atoms with Gasteiger partial charge < -0.3 is 4.52 Å². The number of rotatable bonds is 3. The van der Waals surface area contributed by atoms with Gasteiger partial charge in [0.15, 0.2) is 0 Å². The fourth-order valence-corrected chi connectivity index (χ4v) is 3.63. The number of halogens is 2. The highest BCUT2D eigenvalue weighted by Gasteiger charge is 2.23. The van der Waals surface area contributed by atoms with E-state index in [1.807, 2.05) is 42.0 Å². The van der Waals surface area contributed by atoms with E-state index in [-0.39, 0.29) is 5.56 Å². The Morgan fingerprint density at radius 3 is 2.74 bits per heavy atom. The van der Waals surface area contributed by atoms with Gasteiger partial charge in [-0.1, -0.05) is 34.4 Å². The smallest absolute Gasteiger partial charge is 0.350 e. The van der Waals surface area contributed by atoms with Crippen molar-refractivity contribution in [2.45, 2.75) is 20.4 Å². The predicted molar refractivity (Wildman–Crippen MR) is 104 cm³/mol. The second kappa shape index (κ2) is 6.83. The van der Waals surface area contributed by atoms with Gasteiger partial charge in [0.2, 0.25) is 0 Å². The number of aromatic nitrogens is 3. The van der Waals surface area contributed by atoms with E-state index in [4.69, 9.17) is 27.7 Å². The molecule has 7 heteroatoms. The summed E-state index contributed by atoms with van der Waals surface area (Å²) in [5, 5.41) is 5.21. The van der Waals surface area contributed by atoms with E-state index in [1.165, 1.54) is 0 Å². The van der Waals surface area contributed by atoms with Crippen LogP contribution >= 0.6 is 23.2 Å². The zero-order chi connectivity index (χ0) is 19.1. The second-order valence-corrected chi connectivity index (χ2v) is 7.18. The van der Waals surface area contributed by atoms with Gasteiger partial charge in [-0.15, -0.1) is 0 Å². The summed E-state index contributed by atoms with van der Waals surface area (Å²) in [6.07, 6.45) is 3.57. The van der Waals surface area contributed by atoms with Gasteiger partial charge in [0.05, 0.1) is 17.5 Å². The average Bonchev–Trinajstić information content (AvgIpc) is 2.99. The Hall–Kier alpha value is -2.63. The third-order valence-corrected chi connectivity index (χ3v) is 5.12. The predicted octanol–water partition coefficient (Wildman–Crippen LogP) is 4.21. The normalized spacial score (nSPS) is 11.3. The molecule has 0 atom stereocenters. The summed E-state index contributed by atoms with van der Waals surface area (Å²) in [5.74, 6) is 0.604. The van der Waals surface area contributed by atoms with Crippen molar-refractivity contribution in [2.24, 2.45) is 0 Å². The molecule has 0 saturated carbocycles. The minimum absolute atomic E-state index is 0.131. The van der Waals surface area contributed by atoms with Crippen LogP contribution in [-0.4, -0.2) is 9.56 Å². The van der Waals surface area contributed by atoms with Crippen molar-refractivity contribution in [3.05, 3.63) is 86.2 Å². The minimum atomic E-state index is -0.131. The molecular weight excluding hydrogens is 385 g/mol. The molecule has 0 radical (unpaired) electrons. The van der Waals surface area contributed by atoms with Crippen LogP contribution in [0.2, 0.25) is 10.0 Å². The molecule has 0 aliphatic rings. The number of nitrogens with zero attached hydrogens (tertiary/aromatic N) is 3. The molecule has 4 aromatic rings. The van der Waals surface area contributed by atoms with E-state index in [0.29, 0.717) is 39.2 Å². The SMILES string of the molecule is Cc1noc(C)c1-c1c[n+](Cc2cc(Cl)ccc2Cl)c2ccccn2c1=O. The Morgan fingerprint density at radius 2 is 2.00 bits per heavy atom. The molecule has 1 aromatic carbocycles. The van der Waals surface area contributed by atoms with Gasteiger partial charge >= 0.3 is 5.56 Å². The van der Waals surface area contributed by atoms with Gasteiger partial charge in [0, 0.05) is 21.7 Å². The van der Waals surface area contributed by atoms with Crippen LogP contribution in [0.3, 0.4) is 0 Å². The summed E-state index contributed by atoms with van der Waals surface area (Å²) in [5.41, 5.74) is 3.39. The molecule has 0 bridgehead atoms. The first-order valence-corrected chi connectivity index (χ1v) is 9.12. The van der Waals surface area contributed by atoms with E-state index in [1.54, 1.807) is 29.7 Å². The third-order valence-electron chi connectivity index (χ3n) is 4.52. The summed E-state index contributed by atoms with van der Waals surface area (Å²) in [7, 11) is 0. The maximum atomic E-state index is 13.1. The highest BCUT2D eigenvalue weighted by Crippen LogP contribution is 2.24. The van der Waals surface area contributed by atoms with Gasteiger partial charge in [-0.05, 0) is 38.1 Å². The summed E-state index contributed by atoms with van der Waals surface area (Å²) in [6, 6.07) is 10.9. The lowest BCUT2D eigenvalue weighted by atomic mass is 10.1. The Bertz CT molecular complexity index is 1210. The van der Waals surface area contributed by atoms with Crippen molar-refractivity contribution in [1.29, 1.82) is 0 Å². The molecule has 136 valence electrons. The number of pyridine rings is 1. The molecule has 0 spiro atoms. The highest BCUT2D eigenvalue weighted by molar-refractivity contribution is 6.33. The third kappa shape index (κ3) is 3.13. The molecule has 0 aliphatic heterocycles. The number of hydrogen-bond acceptors (Lipinski definition) is 3. The lowest BCUT2D eigenvalue weighted by Crippen LogP contribution is -2.40. The lowest BCUT2D eigenvalue weighted by Gasteiger charge is -2.08. The van der Waals surface area contributed by atoms with Gasteiger partial charge in [-0.2, -0.15) is 4.40 Å². The highest BCUT2D eigenvalue weighted by atomic mass is 35.5. The molecule has 3 heterocycles. The molecule has 0 amide bonds. The maximum absolute atomic E-state index is 13.1. The molecule has 3 aromatic heterocycles. The van der Waals surface area contributed by atoms with E-state index in [2.05, 4.69) is 5.16 Å². The van der Waals surface area contributed by atoms with Crippen molar-refractivity contribution in [1.82, 2.24) is 9.56 Å².